The van der Waals surface area contributed by atoms with Gasteiger partial charge in [-0.2, -0.15) is 9.13 Å². The normalized spacial score (nSPS) is 16.2. The lowest BCUT2D eigenvalue weighted by Gasteiger charge is -2.33. The molecule has 9 aromatic rings. The first-order valence-electron chi connectivity index (χ1n) is 23.8. The third-order valence-electron chi connectivity index (χ3n) is 14.7. The van der Waals surface area contributed by atoms with Crippen molar-refractivity contribution >= 4 is 46.2 Å². The Morgan fingerprint density at radius 2 is 1.46 bits per heavy atom. The second kappa shape index (κ2) is 15.4. The maximum atomic E-state index is 7.29. The predicted molar refractivity (Wildman–Crippen MR) is 274 cm³/mol. The highest BCUT2D eigenvalue weighted by molar-refractivity contribution is 6.88. The van der Waals surface area contributed by atoms with E-state index in [-0.39, 0.29) is 23.8 Å². The summed E-state index contributed by atoms with van der Waals surface area (Å²) in [6, 6.07) is 48.2. The van der Waals surface area contributed by atoms with Crippen molar-refractivity contribution in [1.29, 1.82) is 0 Å². The van der Waals surface area contributed by atoms with Crippen LogP contribution in [0.4, 0.5) is 0 Å². The van der Waals surface area contributed by atoms with Crippen molar-refractivity contribution in [3.05, 3.63) is 179 Å². The molecule has 6 aromatic carbocycles. The average molecular weight is 868 g/mol. The quantitative estimate of drug-likeness (QED) is 0.0961. The van der Waals surface area contributed by atoms with Gasteiger partial charge in [-0.3, -0.25) is 0 Å². The number of furan rings is 1. The van der Waals surface area contributed by atoms with E-state index in [9.17, 15) is 0 Å². The second-order valence-electron chi connectivity index (χ2n) is 20.7. The van der Waals surface area contributed by atoms with Gasteiger partial charge in [0.2, 0.25) is 5.69 Å². The number of aryl methyl sites for hydroxylation is 3. The molecule has 2 unspecified atom stereocenters. The van der Waals surface area contributed by atoms with Crippen LogP contribution in [0, 0.1) is 13.8 Å². The summed E-state index contributed by atoms with van der Waals surface area (Å²) in [5, 5.41) is 3.85. The molecule has 2 aliphatic rings. The van der Waals surface area contributed by atoms with Crippen molar-refractivity contribution < 1.29 is 13.6 Å². The summed E-state index contributed by atoms with van der Waals surface area (Å²) in [6.07, 6.45) is 4.37. The summed E-state index contributed by atoms with van der Waals surface area (Å²) >= 11 is 0. The molecule has 0 spiro atoms. The highest BCUT2D eigenvalue weighted by Crippen LogP contribution is 2.48. The van der Waals surface area contributed by atoms with Crippen LogP contribution in [0.25, 0.3) is 72.4 Å². The van der Waals surface area contributed by atoms with Gasteiger partial charge in [0.05, 0.1) is 14.0 Å². The Hall–Kier alpha value is -6.30. The zero-order valence-corrected chi connectivity index (χ0v) is 40.6. The molecule has 0 radical (unpaired) electrons. The van der Waals surface area contributed by atoms with Gasteiger partial charge in [-0.25, -0.2) is 4.57 Å². The lowest BCUT2D eigenvalue weighted by molar-refractivity contribution is -0.718. The average Bonchev–Trinajstić information content (AvgIpc) is 3.82. The molecule has 0 N–H and O–H groups in total. The van der Waals surface area contributed by atoms with E-state index >= 15 is 0 Å². The Morgan fingerprint density at radius 3 is 2.20 bits per heavy atom. The van der Waals surface area contributed by atoms with E-state index in [2.05, 4.69) is 208 Å². The van der Waals surface area contributed by atoms with Gasteiger partial charge >= 0.3 is 0 Å². The summed E-state index contributed by atoms with van der Waals surface area (Å²) in [6.45, 7) is 27.1. The molecule has 0 saturated carbocycles. The fourth-order valence-electron chi connectivity index (χ4n) is 11.5. The van der Waals surface area contributed by atoms with Gasteiger partial charge in [0, 0.05) is 44.3 Å². The van der Waals surface area contributed by atoms with E-state index in [0.717, 1.165) is 29.8 Å². The van der Waals surface area contributed by atoms with Gasteiger partial charge in [0.25, 0.3) is 5.82 Å². The Kier molecular flexibility index (Phi) is 9.82. The van der Waals surface area contributed by atoms with Gasteiger partial charge in [-0.05, 0) is 108 Å². The minimum absolute atomic E-state index is 0.0711. The Labute approximate surface area is 385 Å². The maximum absolute atomic E-state index is 7.29. The number of benzene rings is 6. The first-order valence-corrected chi connectivity index (χ1v) is 27.3. The number of fused-ring (bicyclic) bond motifs is 15. The largest absolute Gasteiger partial charge is 0.455 e. The van der Waals surface area contributed by atoms with E-state index in [0.29, 0.717) is 6.54 Å². The lowest BCUT2D eigenvalue weighted by atomic mass is 9.76. The van der Waals surface area contributed by atoms with Gasteiger partial charge < -0.3 is 4.42 Å². The van der Waals surface area contributed by atoms with Gasteiger partial charge in [0.15, 0.2) is 28.9 Å². The lowest BCUT2D eigenvalue weighted by Crippen LogP contribution is -2.54. The molecule has 5 heteroatoms. The van der Waals surface area contributed by atoms with Crippen LogP contribution in [0.5, 0.6) is 0 Å². The van der Waals surface area contributed by atoms with Crippen LogP contribution in [0.3, 0.4) is 0 Å². The molecule has 5 heterocycles. The third kappa shape index (κ3) is 6.60. The number of rotatable bonds is 5. The molecule has 11 rings (SSSR count). The predicted octanol–water partition coefficient (Wildman–Crippen LogP) is 14.4. The first-order chi connectivity index (χ1) is 31.3. The SMILES string of the molecule is C=C1C[n+]2c(n(-c3c(C(C)C)cc(-c4ccccc4)cc3C(C)C)c3ccccc32)-c2c(cc(C)c3c2oc2cc(C)ccc23)CCC2c3ccccc3-c3ccc([Si](C)(C)C)c[n+]3C12. The van der Waals surface area contributed by atoms with E-state index in [4.69, 9.17) is 11.0 Å². The van der Waals surface area contributed by atoms with Crippen molar-refractivity contribution in [3.63, 3.8) is 0 Å². The molecule has 2 atom stereocenters. The number of nitrogens with zero attached hydrogens (tertiary/aromatic N) is 3. The van der Waals surface area contributed by atoms with Crippen LogP contribution < -0.4 is 14.3 Å². The summed E-state index contributed by atoms with van der Waals surface area (Å²) in [7, 11) is -1.65. The van der Waals surface area contributed by atoms with Crippen LogP contribution >= 0.6 is 0 Å². The van der Waals surface area contributed by atoms with Crippen LogP contribution in [-0.4, -0.2) is 12.6 Å². The van der Waals surface area contributed by atoms with Crippen molar-refractivity contribution in [2.45, 2.75) is 104 Å². The molecule has 65 heavy (non-hydrogen) atoms. The minimum atomic E-state index is -1.65. The van der Waals surface area contributed by atoms with E-state index in [1.165, 1.54) is 99.6 Å². The standard InChI is InChI=1S/C60H61N3OSi/c1-36(2)49-32-43(41-18-12-11-13-19-41)33-50(37(3)4)58(49)63-53-23-17-16-22-52(53)62-34-40(7)57-47(45-20-14-15-21-46(45)51-29-26-44(35-61(51)57)65(8,9)10)28-25-42-31-39(6)55-48-27-24-38(5)30-54(48)64-59(55)56(42)60(62)63/h11-24,26-27,29-33,35-37,47,57H,7,25,28,34H2,1-6,8-10H3/q+2. The third-order valence-corrected chi connectivity index (χ3v) is 16.7. The van der Waals surface area contributed by atoms with E-state index in [1.807, 2.05) is 0 Å². The molecule has 324 valence electrons. The van der Waals surface area contributed by atoms with Crippen molar-refractivity contribution in [2.24, 2.45) is 0 Å². The Morgan fingerprint density at radius 1 is 0.754 bits per heavy atom. The fourth-order valence-corrected chi connectivity index (χ4v) is 12.6. The topological polar surface area (TPSA) is 25.8 Å². The summed E-state index contributed by atoms with van der Waals surface area (Å²) in [4.78, 5) is 0. The molecule has 0 fully saturated rings. The summed E-state index contributed by atoms with van der Waals surface area (Å²) < 4.78 is 15.2. The highest BCUT2D eigenvalue weighted by Gasteiger charge is 2.45. The molecule has 0 bridgehead atoms. The molecule has 0 amide bonds. The van der Waals surface area contributed by atoms with E-state index < -0.39 is 8.07 Å². The zero-order chi connectivity index (χ0) is 45.1. The van der Waals surface area contributed by atoms with Crippen LogP contribution in [0.15, 0.2) is 150 Å². The van der Waals surface area contributed by atoms with Gasteiger partial charge in [-0.15, -0.1) is 0 Å². The number of allylic oxidation sites excluding steroid dienone is 1. The monoisotopic (exact) mass is 867 g/mol. The molecular weight excluding hydrogens is 807 g/mol. The first kappa shape index (κ1) is 41.4. The summed E-state index contributed by atoms with van der Waals surface area (Å²) in [5.41, 5.74) is 21.0. The van der Waals surface area contributed by atoms with Crippen molar-refractivity contribution in [1.82, 2.24) is 4.57 Å². The number of imidazole rings is 1. The van der Waals surface area contributed by atoms with Crippen LogP contribution in [0.1, 0.15) is 91.3 Å². The highest BCUT2D eigenvalue weighted by atomic mass is 28.3. The van der Waals surface area contributed by atoms with Crippen LogP contribution in [0.2, 0.25) is 19.6 Å². The Balaban J connectivity index is 1.28. The smallest absolute Gasteiger partial charge is 0.299 e. The van der Waals surface area contributed by atoms with Gasteiger partial charge in [0.1, 0.15) is 23.4 Å². The molecule has 0 saturated heterocycles. The fraction of sp³-hybridized carbons (Fsp3) is 0.267. The maximum Gasteiger partial charge on any atom is 0.299 e. The molecule has 0 aliphatic carbocycles. The zero-order valence-electron chi connectivity index (χ0n) is 39.6. The molecular formula is C60H61N3OSi+2. The minimum Gasteiger partial charge on any atom is -0.455 e. The number of hydrogen-bond acceptors (Lipinski definition) is 1. The number of pyridine rings is 1. The van der Waals surface area contributed by atoms with Gasteiger partial charge in [-0.1, -0.05) is 139 Å². The van der Waals surface area contributed by atoms with Crippen LogP contribution in [-0.2, 0) is 13.0 Å². The van der Waals surface area contributed by atoms with Crippen molar-refractivity contribution in [3.8, 4) is 39.5 Å². The van der Waals surface area contributed by atoms with Crippen molar-refractivity contribution in [2.75, 3.05) is 0 Å². The molecule has 4 nitrogen and oxygen atoms in total. The van der Waals surface area contributed by atoms with E-state index in [1.54, 1.807) is 0 Å². The number of hydrogen-bond donors (Lipinski definition) is 0. The number of aromatic nitrogens is 3. The second-order valence-corrected chi connectivity index (χ2v) is 25.8. The number of para-hydroxylation sites is 2. The molecule has 2 aliphatic heterocycles. The summed E-state index contributed by atoms with van der Waals surface area (Å²) in [5.74, 6) is 1.91. The molecule has 3 aromatic heterocycles. The Bertz CT molecular complexity index is 3370.